The first-order valence-corrected chi connectivity index (χ1v) is 6.22. The number of carbonyl (C=O) groups is 1. The van der Waals surface area contributed by atoms with Crippen LogP contribution >= 0.6 is 15.9 Å². The predicted molar refractivity (Wildman–Crippen MR) is 71.2 cm³/mol. The van der Waals surface area contributed by atoms with Gasteiger partial charge in [0.1, 0.15) is 5.65 Å². The zero-order valence-corrected chi connectivity index (χ0v) is 11.6. The number of hydrogen-bond acceptors (Lipinski definition) is 2. The molecule has 90 valence electrons. The first-order chi connectivity index (χ1) is 8.06. The van der Waals surface area contributed by atoms with Gasteiger partial charge in [-0.3, -0.25) is 4.79 Å². The molecule has 0 aliphatic carbocycles. The van der Waals surface area contributed by atoms with Crippen LogP contribution in [0.1, 0.15) is 30.2 Å². The Morgan fingerprint density at radius 2 is 2.24 bits per heavy atom. The maximum absolute atomic E-state index is 11.8. The Hall–Kier alpha value is -1.36. The molecular formula is C12H14BrN3O. The van der Waals surface area contributed by atoms with E-state index in [4.69, 9.17) is 0 Å². The van der Waals surface area contributed by atoms with Crippen LogP contribution in [0.2, 0.25) is 0 Å². The molecule has 0 bridgehead atoms. The molecule has 2 rings (SSSR count). The maximum Gasteiger partial charge on any atom is 0.253 e. The van der Waals surface area contributed by atoms with Crippen LogP contribution < -0.4 is 5.32 Å². The van der Waals surface area contributed by atoms with Gasteiger partial charge in [0.15, 0.2) is 0 Å². The van der Waals surface area contributed by atoms with Gasteiger partial charge in [0.25, 0.3) is 5.91 Å². The van der Waals surface area contributed by atoms with Gasteiger partial charge in [0.2, 0.25) is 0 Å². The average molecular weight is 296 g/mol. The fourth-order valence-electron chi connectivity index (χ4n) is 1.84. The Labute approximate surface area is 108 Å². The molecule has 5 heteroatoms. The molecule has 0 aliphatic rings. The largest absolute Gasteiger partial charge is 0.355 e. The normalized spacial score (nSPS) is 11.1. The van der Waals surface area contributed by atoms with E-state index < -0.39 is 0 Å². The lowest BCUT2D eigenvalue weighted by Crippen LogP contribution is -2.17. The van der Waals surface area contributed by atoms with Crippen molar-refractivity contribution in [2.24, 2.45) is 0 Å². The Kier molecular flexibility index (Phi) is 3.19. The molecule has 0 saturated carbocycles. The van der Waals surface area contributed by atoms with Crippen LogP contribution in [-0.4, -0.2) is 22.5 Å². The van der Waals surface area contributed by atoms with E-state index in [1.807, 2.05) is 16.8 Å². The molecule has 17 heavy (non-hydrogen) atoms. The van der Waals surface area contributed by atoms with Crippen LogP contribution in [0, 0.1) is 0 Å². The van der Waals surface area contributed by atoms with Crippen molar-refractivity contribution < 1.29 is 4.79 Å². The fourth-order valence-corrected chi connectivity index (χ4v) is 2.35. The van der Waals surface area contributed by atoms with E-state index in [9.17, 15) is 4.79 Å². The van der Waals surface area contributed by atoms with Gasteiger partial charge in [-0.25, -0.2) is 4.98 Å². The highest BCUT2D eigenvalue weighted by atomic mass is 79.9. The Morgan fingerprint density at radius 1 is 1.53 bits per heavy atom. The minimum Gasteiger partial charge on any atom is -0.355 e. The number of carbonyl (C=O) groups excluding carboxylic acids is 1. The highest BCUT2D eigenvalue weighted by Gasteiger charge is 2.18. The van der Waals surface area contributed by atoms with Gasteiger partial charge in [-0.15, -0.1) is 0 Å². The smallest absolute Gasteiger partial charge is 0.253 e. The molecule has 1 N–H and O–H groups in total. The standard InChI is InChI=1S/C12H14BrN3O/c1-7(2)16-6-8(12(17)14-3)10-9(13)4-5-15-11(10)16/h4-7H,1-3H3,(H,14,17). The van der Waals surface area contributed by atoms with E-state index in [-0.39, 0.29) is 11.9 Å². The topological polar surface area (TPSA) is 46.9 Å². The number of halogens is 1. The lowest BCUT2D eigenvalue weighted by molar-refractivity contribution is 0.0964. The molecule has 4 nitrogen and oxygen atoms in total. The predicted octanol–water partition coefficient (Wildman–Crippen LogP) is 2.74. The minimum absolute atomic E-state index is 0.0944. The van der Waals surface area contributed by atoms with Crippen molar-refractivity contribution in [2.75, 3.05) is 7.05 Å². The van der Waals surface area contributed by atoms with E-state index >= 15 is 0 Å². The highest BCUT2D eigenvalue weighted by Crippen LogP contribution is 2.29. The zero-order chi connectivity index (χ0) is 12.6. The summed E-state index contributed by atoms with van der Waals surface area (Å²) in [6.45, 7) is 4.13. The second-order valence-corrected chi connectivity index (χ2v) is 4.97. The van der Waals surface area contributed by atoms with Crippen LogP contribution in [0.4, 0.5) is 0 Å². The highest BCUT2D eigenvalue weighted by molar-refractivity contribution is 9.10. The molecule has 0 saturated heterocycles. The van der Waals surface area contributed by atoms with E-state index in [1.54, 1.807) is 13.2 Å². The first kappa shape index (κ1) is 12.1. The summed E-state index contributed by atoms with van der Waals surface area (Å²) in [6.07, 6.45) is 3.59. The Balaban J connectivity index is 2.80. The van der Waals surface area contributed by atoms with Crippen molar-refractivity contribution in [3.05, 3.63) is 28.5 Å². The van der Waals surface area contributed by atoms with Gasteiger partial charge >= 0.3 is 0 Å². The van der Waals surface area contributed by atoms with Crippen LogP contribution in [0.15, 0.2) is 22.9 Å². The first-order valence-electron chi connectivity index (χ1n) is 5.43. The van der Waals surface area contributed by atoms with Crippen molar-refractivity contribution in [2.45, 2.75) is 19.9 Å². The van der Waals surface area contributed by atoms with Gasteiger partial charge in [0, 0.05) is 35.3 Å². The lowest BCUT2D eigenvalue weighted by Gasteiger charge is -2.07. The molecule has 2 aromatic rings. The van der Waals surface area contributed by atoms with Gasteiger partial charge in [-0.2, -0.15) is 0 Å². The summed E-state index contributed by atoms with van der Waals surface area (Å²) in [5.41, 5.74) is 1.48. The summed E-state index contributed by atoms with van der Waals surface area (Å²) in [6, 6.07) is 2.11. The number of hydrogen-bond donors (Lipinski definition) is 1. The van der Waals surface area contributed by atoms with Crippen molar-refractivity contribution in [3.8, 4) is 0 Å². The SMILES string of the molecule is CNC(=O)c1cn(C(C)C)c2nccc(Br)c12. The van der Waals surface area contributed by atoms with Crippen molar-refractivity contribution >= 4 is 32.9 Å². The number of nitrogens with one attached hydrogen (secondary N) is 1. The third kappa shape index (κ3) is 1.95. The van der Waals surface area contributed by atoms with E-state index in [1.165, 1.54) is 0 Å². The maximum atomic E-state index is 11.8. The summed E-state index contributed by atoms with van der Waals surface area (Å²) in [7, 11) is 1.63. The molecule has 0 aromatic carbocycles. The van der Waals surface area contributed by atoms with Gasteiger partial charge in [0.05, 0.1) is 5.56 Å². The summed E-state index contributed by atoms with van der Waals surface area (Å²) < 4.78 is 2.89. The molecule has 0 spiro atoms. The molecule has 2 aromatic heterocycles. The minimum atomic E-state index is -0.0944. The molecule has 0 unspecified atom stereocenters. The van der Waals surface area contributed by atoms with E-state index in [2.05, 4.69) is 40.1 Å². The second-order valence-electron chi connectivity index (χ2n) is 4.11. The molecule has 0 radical (unpaired) electrons. The van der Waals surface area contributed by atoms with Gasteiger partial charge in [-0.1, -0.05) is 0 Å². The zero-order valence-electron chi connectivity index (χ0n) is 9.99. The molecule has 0 fully saturated rings. The van der Waals surface area contributed by atoms with E-state index in [0.29, 0.717) is 5.56 Å². The molecular weight excluding hydrogens is 282 g/mol. The van der Waals surface area contributed by atoms with Crippen LogP contribution in [0.25, 0.3) is 11.0 Å². The summed E-state index contributed by atoms with van der Waals surface area (Å²) in [5.74, 6) is -0.0944. The second kappa shape index (κ2) is 4.49. The van der Waals surface area contributed by atoms with Gasteiger partial charge < -0.3 is 9.88 Å². The molecule has 2 heterocycles. The third-order valence-electron chi connectivity index (χ3n) is 2.69. The number of amides is 1. The van der Waals surface area contributed by atoms with Gasteiger partial charge in [-0.05, 0) is 35.8 Å². The fraction of sp³-hybridized carbons (Fsp3) is 0.333. The summed E-state index contributed by atoms with van der Waals surface area (Å²) >= 11 is 3.47. The third-order valence-corrected chi connectivity index (χ3v) is 3.35. The van der Waals surface area contributed by atoms with Crippen molar-refractivity contribution in [1.29, 1.82) is 0 Å². The number of pyridine rings is 1. The lowest BCUT2D eigenvalue weighted by atomic mass is 10.2. The average Bonchev–Trinajstić information content (AvgIpc) is 2.69. The van der Waals surface area contributed by atoms with Crippen LogP contribution in [-0.2, 0) is 0 Å². The molecule has 1 amide bonds. The number of aromatic nitrogens is 2. The molecule has 0 atom stereocenters. The van der Waals surface area contributed by atoms with Crippen molar-refractivity contribution in [1.82, 2.24) is 14.9 Å². The number of fused-ring (bicyclic) bond motifs is 1. The van der Waals surface area contributed by atoms with Crippen LogP contribution in [0.5, 0.6) is 0 Å². The Bertz CT molecular complexity index is 574. The van der Waals surface area contributed by atoms with Crippen LogP contribution in [0.3, 0.4) is 0 Å². The summed E-state index contributed by atoms with van der Waals surface area (Å²) in [5, 5.41) is 3.51. The summed E-state index contributed by atoms with van der Waals surface area (Å²) in [4.78, 5) is 16.2. The molecule has 0 aliphatic heterocycles. The quantitative estimate of drug-likeness (QED) is 0.926. The monoisotopic (exact) mass is 295 g/mol. The van der Waals surface area contributed by atoms with Crippen molar-refractivity contribution in [3.63, 3.8) is 0 Å². The van der Waals surface area contributed by atoms with E-state index in [0.717, 1.165) is 15.5 Å². The Morgan fingerprint density at radius 3 is 2.82 bits per heavy atom. The number of rotatable bonds is 2. The number of nitrogens with zero attached hydrogens (tertiary/aromatic N) is 2.